The molecule has 4 rings (SSSR count). The second-order valence-electron chi connectivity index (χ2n) is 5.18. The normalized spacial score (nSPS) is 13.9. The molecule has 0 bridgehead atoms. The van der Waals surface area contributed by atoms with Crippen LogP contribution >= 0.6 is 11.3 Å². The van der Waals surface area contributed by atoms with E-state index in [4.69, 9.17) is 0 Å². The van der Waals surface area contributed by atoms with Crippen LogP contribution in [0.5, 0.6) is 0 Å². The van der Waals surface area contributed by atoms with Crippen molar-refractivity contribution < 1.29 is 4.39 Å². The molecule has 0 atom stereocenters. The SMILES string of the molecule is Fc1cccc(/C=N\Nc2ncnc3sc4c(c23)CCC4)c1. The van der Waals surface area contributed by atoms with Crippen LogP contribution in [0.1, 0.15) is 22.4 Å². The zero-order chi connectivity index (χ0) is 14.9. The minimum Gasteiger partial charge on any atom is -0.261 e. The van der Waals surface area contributed by atoms with Crippen molar-refractivity contribution in [1.29, 1.82) is 0 Å². The van der Waals surface area contributed by atoms with Crippen LogP contribution in [-0.4, -0.2) is 16.2 Å². The van der Waals surface area contributed by atoms with E-state index in [9.17, 15) is 4.39 Å². The number of fused-ring (bicyclic) bond motifs is 3. The minimum absolute atomic E-state index is 0.274. The third kappa shape index (κ3) is 2.35. The fourth-order valence-electron chi connectivity index (χ4n) is 2.77. The lowest BCUT2D eigenvalue weighted by Crippen LogP contribution is -1.96. The van der Waals surface area contributed by atoms with Crippen molar-refractivity contribution >= 4 is 33.6 Å². The number of nitrogens with one attached hydrogen (secondary N) is 1. The highest BCUT2D eigenvalue weighted by molar-refractivity contribution is 7.19. The van der Waals surface area contributed by atoms with Crippen molar-refractivity contribution in [2.75, 3.05) is 5.43 Å². The average Bonchev–Trinajstić information content (AvgIpc) is 3.08. The van der Waals surface area contributed by atoms with Gasteiger partial charge in [0.05, 0.1) is 11.6 Å². The van der Waals surface area contributed by atoms with Gasteiger partial charge in [0.25, 0.3) is 0 Å². The molecule has 0 unspecified atom stereocenters. The Morgan fingerprint density at radius 2 is 2.23 bits per heavy atom. The third-order valence-corrected chi connectivity index (χ3v) is 4.93. The molecule has 1 N–H and O–H groups in total. The first kappa shape index (κ1) is 13.3. The molecule has 2 aromatic heterocycles. The predicted octanol–water partition coefficient (Wildman–Crippen LogP) is 3.77. The zero-order valence-electron chi connectivity index (χ0n) is 11.7. The number of thiophene rings is 1. The highest BCUT2D eigenvalue weighted by Crippen LogP contribution is 2.38. The topological polar surface area (TPSA) is 50.2 Å². The van der Waals surface area contributed by atoms with Gasteiger partial charge in [0, 0.05) is 4.88 Å². The Kier molecular flexibility index (Phi) is 3.31. The second-order valence-corrected chi connectivity index (χ2v) is 6.27. The van der Waals surface area contributed by atoms with Gasteiger partial charge in [0.1, 0.15) is 17.0 Å². The summed E-state index contributed by atoms with van der Waals surface area (Å²) in [7, 11) is 0. The summed E-state index contributed by atoms with van der Waals surface area (Å²) in [5.41, 5.74) is 5.03. The number of hydrogen-bond acceptors (Lipinski definition) is 5. The van der Waals surface area contributed by atoms with E-state index in [1.807, 2.05) is 0 Å². The monoisotopic (exact) mass is 312 g/mol. The molecule has 0 saturated heterocycles. The largest absolute Gasteiger partial charge is 0.261 e. The number of aromatic nitrogens is 2. The highest BCUT2D eigenvalue weighted by atomic mass is 32.1. The summed E-state index contributed by atoms with van der Waals surface area (Å²) in [6.07, 6.45) is 6.53. The van der Waals surface area contributed by atoms with E-state index < -0.39 is 0 Å². The summed E-state index contributed by atoms with van der Waals surface area (Å²) in [6, 6.07) is 6.30. The number of hydrazone groups is 1. The van der Waals surface area contributed by atoms with Crippen molar-refractivity contribution in [2.45, 2.75) is 19.3 Å². The van der Waals surface area contributed by atoms with Gasteiger partial charge in [-0.3, -0.25) is 5.43 Å². The van der Waals surface area contributed by atoms with Crippen molar-refractivity contribution in [3.8, 4) is 0 Å². The smallest absolute Gasteiger partial charge is 0.158 e. The molecule has 2 heterocycles. The molecule has 0 spiro atoms. The average molecular weight is 312 g/mol. The number of halogens is 1. The van der Waals surface area contributed by atoms with Crippen LogP contribution in [0.25, 0.3) is 10.2 Å². The number of nitrogens with zero attached hydrogens (tertiary/aromatic N) is 3. The summed E-state index contributed by atoms with van der Waals surface area (Å²) in [4.78, 5) is 11.1. The molecule has 0 amide bonds. The van der Waals surface area contributed by atoms with E-state index in [2.05, 4.69) is 20.5 Å². The molecule has 3 aromatic rings. The Labute approximate surface area is 130 Å². The number of hydrogen-bond donors (Lipinski definition) is 1. The number of benzene rings is 1. The lowest BCUT2D eigenvalue weighted by molar-refractivity contribution is 0.627. The number of rotatable bonds is 3. The van der Waals surface area contributed by atoms with Gasteiger partial charge in [-0.1, -0.05) is 12.1 Å². The van der Waals surface area contributed by atoms with E-state index >= 15 is 0 Å². The van der Waals surface area contributed by atoms with Gasteiger partial charge in [-0.2, -0.15) is 5.10 Å². The first-order chi connectivity index (χ1) is 10.8. The summed E-state index contributed by atoms with van der Waals surface area (Å²) < 4.78 is 13.1. The molecule has 110 valence electrons. The molecule has 0 radical (unpaired) electrons. The molecule has 0 aliphatic heterocycles. The molecular formula is C16H13FN4S. The van der Waals surface area contributed by atoms with Crippen LogP contribution < -0.4 is 5.43 Å². The summed E-state index contributed by atoms with van der Waals surface area (Å²) in [5.74, 6) is 0.445. The van der Waals surface area contributed by atoms with Crippen LogP contribution in [0.15, 0.2) is 35.7 Å². The predicted molar refractivity (Wildman–Crippen MR) is 87.1 cm³/mol. The van der Waals surface area contributed by atoms with Crippen molar-refractivity contribution in [3.05, 3.63) is 52.4 Å². The lowest BCUT2D eigenvalue weighted by atomic mass is 10.2. The first-order valence-corrected chi connectivity index (χ1v) is 7.93. The Balaban J connectivity index is 1.64. The van der Waals surface area contributed by atoms with Gasteiger partial charge in [-0.15, -0.1) is 11.3 Å². The van der Waals surface area contributed by atoms with Crippen LogP contribution in [0, 0.1) is 5.82 Å². The quantitative estimate of drug-likeness (QED) is 0.592. The molecule has 0 saturated carbocycles. The molecule has 0 fully saturated rings. The number of aryl methyl sites for hydroxylation is 2. The van der Waals surface area contributed by atoms with Crippen molar-refractivity contribution in [2.24, 2.45) is 5.10 Å². The van der Waals surface area contributed by atoms with E-state index in [0.29, 0.717) is 5.56 Å². The van der Waals surface area contributed by atoms with E-state index in [1.165, 1.54) is 29.0 Å². The first-order valence-electron chi connectivity index (χ1n) is 7.11. The van der Waals surface area contributed by atoms with Crippen LogP contribution in [-0.2, 0) is 12.8 Å². The minimum atomic E-state index is -0.274. The maximum Gasteiger partial charge on any atom is 0.158 e. The van der Waals surface area contributed by atoms with Gasteiger partial charge in [-0.05, 0) is 42.5 Å². The molecule has 1 aromatic carbocycles. The number of anilines is 1. The van der Waals surface area contributed by atoms with E-state index in [0.717, 1.165) is 28.9 Å². The molecule has 6 heteroatoms. The molecular weight excluding hydrogens is 299 g/mol. The van der Waals surface area contributed by atoms with Crippen LogP contribution in [0.2, 0.25) is 0 Å². The van der Waals surface area contributed by atoms with Crippen LogP contribution in [0.3, 0.4) is 0 Å². The fraction of sp³-hybridized carbons (Fsp3) is 0.188. The lowest BCUT2D eigenvalue weighted by Gasteiger charge is -2.02. The molecule has 22 heavy (non-hydrogen) atoms. The Hall–Kier alpha value is -2.34. The molecule has 4 nitrogen and oxygen atoms in total. The van der Waals surface area contributed by atoms with Gasteiger partial charge in [0.2, 0.25) is 0 Å². The van der Waals surface area contributed by atoms with Gasteiger partial charge in [0.15, 0.2) is 5.82 Å². The Bertz CT molecular complexity index is 872. The maximum absolute atomic E-state index is 13.1. The summed E-state index contributed by atoms with van der Waals surface area (Å²) in [5, 5.41) is 5.26. The van der Waals surface area contributed by atoms with Gasteiger partial charge in [-0.25, -0.2) is 14.4 Å². The van der Waals surface area contributed by atoms with Gasteiger partial charge >= 0.3 is 0 Å². The van der Waals surface area contributed by atoms with Crippen molar-refractivity contribution in [3.63, 3.8) is 0 Å². The summed E-state index contributed by atoms with van der Waals surface area (Å²) >= 11 is 1.74. The zero-order valence-corrected chi connectivity index (χ0v) is 12.5. The maximum atomic E-state index is 13.1. The summed E-state index contributed by atoms with van der Waals surface area (Å²) in [6.45, 7) is 0. The second kappa shape index (κ2) is 5.46. The third-order valence-electron chi connectivity index (χ3n) is 3.73. The van der Waals surface area contributed by atoms with E-state index in [-0.39, 0.29) is 5.82 Å². The van der Waals surface area contributed by atoms with Crippen LogP contribution in [0.4, 0.5) is 10.2 Å². The highest BCUT2D eigenvalue weighted by Gasteiger charge is 2.20. The van der Waals surface area contributed by atoms with E-state index in [1.54, 1.807) is 36.0 Å². The Morgan fingerprint density at radius 3 is 3.14 bits per heavy atom. The van der Waals surface area contributed by atoms with Crippen molar-refractivity contribution in [1.82, 2.24) is 9.97 Å². The Morgan fingerprint density at radius 1 is 1.27 bits per heavy atom. The molecule has 1 aliphatic carbocycles. The fourth-order valence-corrected chi connectivity index (χ4v) is 4.00. The standard InChI is InChI=1S/C16H13FN4S/c17-11-4-1-3-10(7-11)8-20-21-15-14-12-5-2-6-13(12)22-16(14)19-9-18-15/h1,3-4,7-9H,2,5-6H2,(H,18,19,21)/b20-8-. The van der Waals surface area contributed by atoms with Gasteiger partial charge < -0.3 is 0 Å². The molecule has 1 aliphatic rings.